The maximum absolute atomic E-state index is 12.7. The first-order valence-electron chi connectivity index (χ1n) is 6.47. The standard InChI is InChI=1S/C15H15FN2O/c16-14-5-3-12(4-6-14)2-1-9-19-17-15-11-18-8-7-13(15)10-18/h3-6,13H,7-11H2/b17-15-. The second-order valence-corrected chi connectivity index (χ2v) is 4.89. The minimum Gasteiger partial charge on any atom is -0.383 e. The van der Waals surface area contributed by atoms with Gasteiger partial charge in [0, 0.05) is 24.6 Å². The molecule has 0 aliphatic carbocycles. The molecule has 2 unspecified atom stereocenters. The lowest BCUT2D eigenvalue weighted by Gasteiger charge is -2.12. The molecule has 2 fully saturated rings. The summed E-state index contributed by atoms with van der Waals surface area (Å²) in [6.07, 6.45) is 1.20. The Kier molecular flexibility index (Phi) is 3.47. The molecule has 0 aromatic heterocycles. The minimum absolute atomic E-state index is 0.250. The molecule has 3 rings (SSSR count). The third kappa shape index (κ3) is 2.94. The summed E-state index contributed by atoms with van der Waals surface area (Å²) in [6.45, 7) is 3.53. The summed E-state index contributed by atoms with van der Waals surface area (Å²) in [5.74, 6) is 6.12. The molecular weight excluding hydrogens is 243 g/mol. The fraction of sp³-hybridized carbons (Fsp3) is 0.400. The molecule has 2 aliphatic heterocycles. The van der Waals surface area contributed by atoms with Crippen LogP contribution in [0.25, 0.3) is 0 Å². The van der Waals surface area contributed by atoms with E-state index in [9.17, 15) is 4.39 Å². The number of halogens is 1. The Bertz CT molecular complexity index is 542. The Morgan fingerprint density at radius 1 is 1.37 bits per heavy atom. The molecule has 2 saturated heterocycles. The van der Waals surface area contributed by atoms with Crippen LogP contribution >= 0.6 is 0 Å². The third-order valence-electron chi connectivity index (χ3n) is 3.52. The van der Waals surface area contributed by atoms with Crippen LogP contribution < -0.4 is 0 Å². The lowest BCUT2D eigenvalue weighted by Crippen LogP contribution is -2.23. The van der Waals surface area contributed by atoms with Crippen LogP contribution in [-0.2, 0) is 4.84 Å². The van der Waals surface area contributed by atoms with Crippen LogP contribution in [-0.4, -0.2) is 36.9 Å². The maximum atomic E-state index is 12.7. The lowest BCUT2D eigenvalue weighted by atomic mass is 10.0. The summed E-state index contributed by atoms with van der Waals surface area (Å²) in [5.41, 5.74) is 1.93. The number of piperidine rings is 1. The molecule has 0 saturated carbocycles. The average Bonchev–Trinajstić information content (AvgIpc) is 3.03. The van der Waals surface area contributed by atoms with Gasteiger partial charge >= 0.3 is 0 Å². The van der Waals surface area contributed by atoms with Gasteiger partial charge in [-0.25, -0.2) is 4.39 Å². The van der Waals surface area contributed by atoms with Gasteiger partial charge < -0.3 is 4.84 Å². The highest BCUT2D eigenvalue weighted by molar-refractivity contribution is 5.91. The molecule has 1 aromatic rings. The zero-order chi connectivity index (χ0) is 13.1. The topological polar surface area (TPSA) is 24.8 Å². The van der Waals surface area contributed by atoms with Gasteiger partial charge in [-0.3, -0.25) is 4.90 Å². The molecule has 0 spiro atoms. The molecule has 1 aromatic carbocycles. The van der Waals surface area contributed by atoms with E-state index in [1.54, 1.807) is 12.1 Å². The van der Waals surface area contributed by atoms with Gasteiger partial charge in [-0.15, -0.1) is 0 Å². The summed E-state index contributed by atoms with van der Waals surface area (Å²) in [7, 11) is 0. The Balaban J connectivity index is 1.49. The summed E-state index contributed by atoms with van der Waals surface area (Å²) in [4.78, 5) is 7.62. The molecule has 2 heterocycles. The van der Waals surface area contributed by atoms with E-state index in [0.29, 0.717) is 5.92 Å². The molecule has 98 valence electrons. The molecular formula is C15H15FN2O. The van der Waals surface area contributed by atoms with Crippen molar-refractivity contribution in [1.29, 1.82) is 0 Å². The fourth-order valence-electron chi connectivity index (χ4n) is 2.53. The van der Waals surface area contributed by atoms with Gasteiger partial charge in [0.2, 0.25) is 0 Å². The van der Waals surface area contributed by atoms with Crippen LogP contribution in [0.15, 0.2) is 29.4 Å². The van der Waals surface area contributed by atoms with Crippen molar-refractivity contribution in [1.82, 2.24) is 4.90 Å². The van der Waals surface area contributed by atoms with Gasteiger partial charge in [0.25, 0.3) is 0 Å². The number of fused-ring (bicyclic) bond motifs is 2. The lowest BCUT2D eigenvalue weighted by molar-refractivity contribution is 0.177. The summed E-state index contributed by atoms with van der Waals surface area (Å²) < 4.78 is 12.7. The van der Waals surface area contributed by atoms with E-state index < -0.39 is 0 Å². The Morgan fingerprint density at radius 3 is 2.89 bits per heavy atom. The number of hydrogen-bond donors (Lipinski definition) is 0. The number of oxime groups is 1. The Labute approximate surface area is 112 Å². The van der Waals surface area contributed by atoms with Crippen molar-refractivity contribution in [2.24, 2.45) is 11.1 Å². The molecule has 0 radical (unpaired) electrons. The number of hydrogen-bond acceptors (Lipinski definition) is 3. The van der Waals surface area contributed by atoms with E-state index in [-0.39, 0.29) is 12.4 Å². The molecule has 0 N–H and O–H groups in total. The fourth-order valence-corrected chi connectivity index (χ4v) is 2.53. The smallest absolute Gasteiger partial charge is 0.177 e. The van der Waals surface area contributed by atoms with Gasteiger partial charge in [-0.2, -0.15) is 0 Å². The predicted octanol–water partition coefficient (Wildman–Crippen LogP) is 1.89. The second-order valence-electron chi connectivity index (χ2n) is 4.89. The van der Waals surface area contributed by atoms with Crippen molar-refractivity contribution in [3.05, 3.63) is 35.6 Å². The van der Waals surface area contributed by atoms with E-state index in [4.69, 9.17) is 4.84 Å². The van der Waals surface area contributed by atoms with E-state index >= 15 is 0 Å². The second kappa shape index (κ2) is 5.41. The maximum Gasteiger partial charge on any atom is 0.177 e. The number of benzene rings is 1. The van der Waals surface area contributed by atoms with Gasteiger partial charge in [-0.05, 0) is 37.2 Å². The average molecular weight is 258 g/mol. The molecule has 19 heavy (non-hydrogen) atoms. The van der Waals surface area contributed by atoms with Crippen molar-refractivity contribution >= 4 is 5.71 Å². The molecule has 2 bridgehead atoms. The molecule has 2 aliphatic rings. The van der Waals surface area contributed by atoms with Crippen molar-refractivity contribution in [3.8, 4) is 11.8 Å². The van der Waals surface area contributed by atoms with Crippen molar-refractivity contribution < 1.29 is 9.23 Å². The van der Waals surface area contributed by atoms with Crippen LogP contribution in [0.2, 0.25) is 0 Å². The zero-order valence-corrected chi connectivity index (χ0v) is 10.6. The van der Waals surface area contributed by atoms with E-state index in [0.717, 1.165) is 24.4 Å². The molecule has 0 amide bonds. The van der Waals surface area contributed by atoms with Crippen LogP contribution in [0.3, 0.4) is 0 Å². The normalized spacial score (nSPS) is 26.3. The molecule has 2 atom stereocenters. The van der Waals surface area contributed by atoms with Crippen molar-refractivity contribution in [2.45, 2.75) is 6.42 Å². The summed E-state index contributed by atoms with van der Waals surface area (Å²) >= 11 is 0. The predicted molar refractivity (Wildman–Crippen MR) is 71.2 cm³/mol. The monoisotopic (exact) mass is 258 g/mol. The van der Waals surface area contributed by atoms with Crippen LogP contribution in [0.4, 0.5) is 4.39 Å². The highest BCUT2D eigenvalue weighted by atomic mass is 19.1. The number of nitrogens with zero attached hydrogens (tertiary/aromatic N) is 2. The first-order chi connectivity index (χ1) is 9.31. The zero-order valence-electron chi connectivity index (χ0n) is 10.6. The van der Waals surface area contributed by atoms with E-state index in [1.165, 1.54) is 25.1 Å². The Hall–Kier alpha value is -1.86. The van der Waals surface area contributed by atoms with Gasteiger partial charge in [0.15, 0.2) is 6.61 Å². The van der Waals surface area contributed by atoms with Gasteiger partial charge in [-0.1, -0.05) is 17.0 Å². The van der Waals surface area contributed by atoms with Crippen LogP contribution in [0, 0.1) is 23.6 Å². The van der Waals surface area contributed by atoms with Gasteiger partial charge in [0.05, 0.1) is 5.71 Å². The first kappa shape index (κ1) is 12.2. The van der Waals surface area contributed by atoms with Crippen molar-refractivity contribution in [2.75, 3.05) is 26.2 Å². The van der Waals surface area contributed by atoms with E-state index in [1.807, 2.05) is 0 Å². The van der Waals surface area contributed by atoms with Crippen LogP contribution in [0.1, 0.15) is 12.0 Å². The van der Waals surface area contributed by atoms with E-state index in [2.05, 4.69) is 21.9 Å². The summed E-state index contributed by atoms with van der Waals surface area (Å²) in [5, 5.41) is 4.16. The quantitative estimate of drug-likeness (QED) is 0.460. The van der Waals surface area contributed by atoms with Gasteiger partial charge in [0.1, 0.15) is 5.82 Å². The SMILES string of the molecule is Fc1ccc(C#CCO/N=C2/CN3CCC2C3)cc1. The van der Waals surface area contributed by atoms with Crippen molar-refractivity contribution in [3.63, 3.8) is 0 Å². The first-order valence-corrected chi connectivity index (χ1v) is 6.47. The molecule has 3 nitrogen and oxygen atoms in total. The largest absolute Gasteiger partial charge is 0.383 e. The highest BCUT2D eigenvalue weighted by Crippen LogP contribution is 2.25. The highest BCUT2D eigenvalue weighted by Gasteiger charge is 2.35. The minimum atomic E-state index is -0.250. The third-order valence-corrected chi connectivity index (χ3v) is 3.52. The Morgan fingerprint density at radius 2 is 2.21 bits per heavy atom. The van der Waals surface area contributed by atoms with Crippen LogP contribution in [0.5, 0.6) is 0 Å². The molecule has 4 heteroatoms. The summed E-state index contributed by atoms with van der Waals surface area (Å²) in [6, 6.07) is 6.10. The number of rotatable bonds is 2.